The number of allylic oxidation sites excluding steroid dienone is 2. The highest BCUT2D eigenvalue weighted by molar-refractivity contribution is 6.31. The van der Waals surface area contributed by atoms with Crippen molar-refractivity contribution in [2.24, 2.45) is 0 Å². The molecule has 32 heavy (non-hydrogen) atoms. The van der Waals surface area contributed by atoms with E-state index >= 15 is 0 Å². The Labute approximate surface area is 192 Å². The molecule has 178 valence electrons. The third-order valence-corrected chi connectivity index (χ3v) is 5.23. The number of halogens is 4. The van der Waals surface area contributed by atoms with Gasteiger partial charge in [-0.1, -0.05) is 69.2 Å². The minimum absolute atomic E-state index is 0.0304. The second-order valence-corrected chi connectivity index (χ2v) is 8.25. The molecule has 0 saturated heterocycles. The zero-order chi connectivity index (χ0) is 23.4. The van der Waals surface area contributed by atoms with Gasteiger partial charge in [-0.15, -0.1) is 4.73 Å². The van der Waals surface area contributed by atoms with Gasteiger partial charge in [-0.3, -0.25) is 0 Å². The average Bonchev–Trinajstić information content (AvgIpc) is 3.09. The fourth-order valence-electron chi connectivity index (χ4n) is 3.32. The van der Waals surface area contributed by atoms with E-state index in [0.29, 0.717) is 11.2 Å². The molecule has 0 aliphatic carbocycles. The highest BCUT2D eigenvalue weighted by Crippen LogP contribution is 2.31. The monoisotopic (exact) mass is 473 g/mol. The van der Waals surface area contributed by atoms with E-state index in [2.05, 4.69) is 29.0 Å². The molecule has 9 heteroatoms. The molecule has 0 radical (unpaired) electrons. The molecule has 0 bridgehead atoms. The van der Waals surface area contributed by atoms with Gasteiger partial charge in [0.05, 0.1) is 5.02 Å². The van der Waals surface area contributed by atoms with Gasteiger partial charge < -0.3 is 4.84 Å². The summed E-state index contributed by atoms with van der Waals surface area (Å²) in [6.07, 6.45) is 12.7. The molecule has 0 N–H and O–H groups in total. The maximum Gasteiger partial charge on any atom is 0.453 e. The SMILES string of the molecule is CCCCCC/C=C/CCCCCCCC(=O)On1c(C(F)(F)F)nc2ncc(Cl)cc21. The van der Waals surface area contributed by atoms with Crippen LogP contribution in [0.25, 0.3) is 11.2 Å². The Kier molecular flexibility index (Phi) is 11.0. The maximum absolute atomic E-state index is 13.3. The number of imidazole rings is 1. The first-order valence-electron chi connectivity index (χ1n) is 11.3. The number of carbonyl (C=O) groups is 1. The van der Waals surface area contributed by atoms with Crippen molar-refractivity contribution in [2.75, 3.05) is 0 Å². The number of hydrogen-bond donors (Lipinski definition) is 0. The fourth-order valence-corrected chi connectivity index (χ4v) is 3.47. The molecule has 0 atom stereocenters. The smallest absolute Gasteiger partial charge is 0.334 e. The van der Waals surface area contributed by atoms with Crippen LogP contribution in [0.2, 0.25) is 5.02 Å². The van der Waals surface area contributed by atoms with Gasteiger partial charge in [0.15, 0.2) is 5.65 Å². The molecule has 0 saturated carbocycles. The van der Waals surface area contributed by atoms with Crippen LogP contribution in [0.3, 0.4) is 0 Å². The number of nitrogens with zero attached hydrogens (tertiary/aromatic N) is 3. The second-order valence-electron chi connectivity index (χ2n) is 7.81. The molecule has 2 aromatic rings. The van der Waals surface area contributed by atoms with Crippen LogP contribution in [0.5, 0.6) is 0 Å². The van der Waals surface area contributed by atoms with Gasteiger partial charge in [-0.2, -0.15) is 13.2 Å². The van der Waals surface area contributed by atoms with E-state index in [4.69, 9.17) is 16.4 Å². The van der Waals surface area contributed by atoms with Crippen LogP contribution < -0.4 is 4.84 Å². The first-order valence-corrected chi connectivity index (χ1v) is 11.7. The Morgan fingerprint density at radius 2 is 1.69 bits per heavy atom. The summed E-state index contributed by atoms with van der Waals surface area (Å²) in [6, 6.07) is 1.24. The van der Waals surface area contributed by atoms with Gasteiger partial charge >= 0.3 is 12.1 Å². The Morgan fingerprint density at radius 3 is 2.34 bits per heavy atom. The lowest BCUT2D eigenvalue weighted by Crippen LogP contribution is -2.25. The molecule has 0 amide bonds. The van der Waals surface area contributed by atoms with E-state index in [1.54, 1.807) is 0 Å². The van der Waals surface area contributed by atoms with Crippen molar-refractivity contribution >= 4 is 28.7 Å². The summed E-state index contributed by atoms with van der Waals surface area (Å²) in [5, 5.41) is 0.120. The minimum Gasteiger partial charge on any atom is -0.334 e. The molecule has 2 aromatic heterocycles. The molecule has 0 unspecified atom stereocenters. The van der Waals surface area contributed by atoms with E-state index in [0.717, 1.165) is 38.5 Å². The van der Waals surface area contributed by atoms with Crippen LogP contribution >= 0.6 is 11.6 Å². The summed E-state index contributed by atoms with van der Waals surface area (Å²) in [4.78, 5) is 24.3. The van der Waals surface area contributed by atoms with Crippen molar-refractivity contribution < 1.29 is 22.8 Å². The Balaban J connectivity index is 1.69. The molecule has 2 heterocycles. The third kappa shape index (κ3) is 8.81. The third-order valence-electron chi connectivity index (χ3n) is 5.03. The summed E-state index contributed by atoms with van der Waals surface area (Å²) >= 11 is 5.82. The highest BCUT2D eigenvalue weighted by Gasteiger charge is 2.39. The molecular formula is C23H31ClF3N3O2. The fraction of sp³-hybridized carbons (Fsp3) is 0.609. The van der Waals surface area contributed by atoms with E-state index in [-0.39, 0.29) is 22.6 Å². The predicted octanol–water partition coefficient (Wildman–Crippen LogP) is 7.32. The standard InChI is InChI=1S/C23H31ClF3N3O2/c1-2-3-4-5-6-7-8-9-10-11-12-13-14-15-20(31)32-30-19-16-18(24)17-28-21(19)29-22(30)23(25,26)27/h7-8,16-17H,2-6,9-15H2,1H3/b8-7+. The van der Waals surface area contributed by atoms with Crippen LogP contribution in [0.4, 0.5) is 13.2 Å². The molecule has 2 rings (SSSR count). The van der Waals surface area contributed by atoms with Gasteiger partial charge in [0.25, 0.3) is 5.82 Å². The van der Waals surface area contributed by atoms with Crippen molar-refractivity contribution in [3.05, 3.63) is 35.3 Å². The molecule has 0 aromatic carbocycles. The van der Waals surface area contributed by atoms with Gasteiger partial charge in [0, 0.05) is 12.6 Å². The molecule has 5 nitrogen and oxygen atoms in total. The number of pyridine rings is 1. The van der Waals surface area contributed by atoms with Crippen molar-refractivity contribution in [3.63, 3.8) is 0 Å². The predicted molar refractivity (Wildman–Crippen MR) is 119 cm³/mol. The zero-order valence-electron chi connectivity index (χ0n) is 18.5. The molecule has 0 aliphatic heterocycles. The van der Waals surface area contributed by atoms with Crippen molar-refractivity contribution in [1.82, 2.24) is 14.7 Å². The van der Waals surface area contributed by atoms with Gasteiger partial charge in [0.2, 0.25) is 0 Å². The summed E-state index contributed by atoms with van der Waals surface area (Å²) in [5.41, 5.74) is -0.291. The zero-order valence-corrected chi connectivity index (χ0v) is 19.2. The van der Waals surface area contributed by atoms with Crippen LogP contribution in [0.1, 0.15) is 89.8 Å². The molecular weight excluding hydrogens is 443 g/mol. The largest absolute Gasteiger partial charge is 0.453 e. The normalized spacial score (nSPS) is 12.2. The molecule has 0 fully saturated rings. The van der Waals surface area contributed by atoms with Gasteiger partial charge in [0.1, 0.15) is 5.52 Å². The van der Waals surface area contributed by atoms with E-state index in [9.17, 15) is 18.0 Å². The maximum atomic E-state index is 13.3. The van der Waals surface area contributed by atoms with E-state index < -0.39 is 18.0 Å². The van der Waals surface area contributed by atoms with Crippen LogP contribution in [0, 0.1) is 0 Å². The summed E-state index contributed by atoms with van der Waals surface area (Å²) in [7, 11) is 0. The summed E-state index contributed by atoms with van der Waals surface area (Å²) < 4.78 is 40.2. The van der Waals surface area contributed by atoms with Crippen molar-refractivity contribution in [2.45, 2.75) is 90.1 Å². The van der Waals surface area contributed by atoms with Crippen LogP contribution in [-0.2, 0) is 11.0 Å². The lowest BCUT2D eigenvalue weighted by Gasteiger charge is -2.10. The number of carbonyl (C=O) groups excluding carboxylic acids is 1. The molecule has 0 aliphatic rings. The number of fused-ring (bicyclic) bond motifs is 1. The van der Waals surface area contributed by atoms with Crippen LogP contribution in [-0.4, -0.2) is 20.7 Å². The Morgan fingerprint density at radius 1 is 1.06 bits per heavy atom. The van der Waals surface area contributed by atoms with Crippen molar-refractivity contribution in [3.8, 4) is 0 Å². The van der Waals surface area contributed by atoms with Gasteiger partial charge in [-0.05, 0) is 38.2 Å². The Bertz CT molecular complexity index is 881. The quantitative estimate of drug-likeness (QED) is 0.213. The van der Waals surface area contributed by atoms with Crippen molar-refractivity contribution in [1.29, 1.82) is 0 Å². The second kappa shape index (κ2) is 13.5. The lowest BCUT2D eigenvalue weighted by atomic mass is 10.1. The lowest BCUT2D eigenvalue weighted by molar-refractivity contribution is -0.162. The molecule has 0 spiro atoms. The summed E-state index contributed by atoms with van der Waals surface area (Å²) in [6.45, 7) is 2.21. The first kappa shape index (κ1) is 26.2. The minimum atomic E-state index is -4.79. The average molecular weight is 474 g/mol. The topological polar surface area (TPSA) is 57.0 Å². The summed E-state index contributed by atoms with van der Waals surface area (Å²) in [5.74, 6) is -2.09. The number of hydrogen-bond acceptors (Lipinski definition) is 4. The Hall–Kier alpha value is -2.09. The van der Waals surface area contributed by atoms with Gasteiger partial charge in [-0.25, -0.2) is 14.8 Å². The van der Waals surface area contributed by atoms with E-state index in [1.165, 1.54) is 37.9 Å². The number of aromatic nitrogens is 3. The number of alkyl halides is 3. The number of unbranched alkanes of at least 4 members (excludes halogenated alkanes) is 9. The first-order chi connectivity index (χ1) is 15.3. The van der Waals surface area contributed by atoms with Crippen LogP contribution in [0.15, 0.2) is 24.4 Å². The highest BCUT2D eigenvalue weighted by atomic mass is 35.5. The van der Waals surface area contributed by atoms with E-state index in [1.807, 2.05) is 0 Å². The number of rotatable bonds is 14.